The molecule has 2 aromatic carbocycles. The number of hydrogen-bond acceptors (Lipinski definition) is 0. The molecule has 116 valence electrons. The molecule has 0 N–H and O–H groups in total. The van der Waals surface area contributed by atoms with Gasteiger partial charge in [0.2, 0.25) is 0 Å². The topological polar surface area (TPSA) is 6.02 Å². The average molecular weight is 304 g/mol. The van der Waals surface area contributed by atoms with E-state index in [1.54, 1.807) is 0 Å². The Labute approximate surface area is 138 Å². The second-order valence-corrected chi connectivity index (χ2v) is 6.58. The lowest BCUT2D eigenvalue weighted by molar-refractivity contribution is -0.552. The molecular weight excluding hydrogens is 280 g/mol. The number of hydrogen-bond donors (Lipinski definition) is 0. The van der Waals surface area contributed by atoms with Gasteiger partial charge in [0.15, 0.2) is 12.4 Å². The predicted octanol–water partition coefficient (Wildman–Crippen LogP) is 2.75. The van der Waals surface area contributed by atoms with Crippen molar-refractivity contribution in [1.29, 1.82) is 0 Å². The summed E-state index contributed by atoms with van der Waals surface area (Å²) in [6, 6.07) is 17.5. The van der Waals surface area contributed by atoms with Crippen LogP contribution in [0.3, 0.4) is 0 Å². The van der Waals surface area contributed by atoms with Gasteiger partial charge in [-0.05, 0) is 23.3 Å². The lowest BCUT2D eigenvalue weighted by Gasteiger charge is -2.13. The third-order valence-corrected chi connectivity index (χ3v) is 4.98. The molecule has 2 aliphatic rings. The van der Waals surface area contributed by atoms with Gasteiger partial charge in [0.25, 0.3) is 0 Å². The molecule has 0 atom stereocenters. The molecule has 0 spiro atoms. The summed E-state index contributed by atoms with van der Waals surface area (Å²) in [6.07, 6.45) is 8.26. The van der Waals surface area contributed by atoms with Crippen LogP contribution in [0.5, 0.6) is 0 Å². The van der Waals surface area contributed by atoms with Gasteiger partial charge in [-0.15, -0.1) is 0 Å². The van der Waals surface area contributed by atoms with Crippen molar-refractivity contribution in [1.82, 2.24) is 0 Å². The summed E-state index contributed by atoms with van der Waals surface area (Å²) in [5.74, 6) is 0. The van der Waals surface area contributed by atoms with Gasteiger partial charge >= 0.3 is 0 Å². The van der Waals surface area contributed by atoms with Crippen molar-refractivity contribution in [3.63, 3.8) is 0 Å². The van der Waals surface area contributed by atoms with Crippen molar-refractivity contribution in [2.45, 2.75) is 19.3 Å². The third kappa shape index (κ3) is 3.26. The number of rotatable bonds is 4. The van der Waals surface area contributed by atoms with E-state index in [-0.39, 0.29) is 0 Å². The summed E-state index contributed by atoms with van der Waals surface area (Å²) in [5, 5.41) is 0. The monoisotopic (exact) mass is 304 g/mol. The average Bonchev–Trinajstić information content (AvgIpc) is 2.61. The minimum Gasteiger partial charge on any atom is -0.235 e. The first kappa shape index (κ1) is 14.4. The maximum atomic E-state index is 2.49. The molecule has 0 saturated heterocycles. The Balaban J connectivity index is 1.37. The van der Waals surface area contributed by atoms with E-state index >= 15 is 0 Å². The lowest BCUT2D eigenvalue weighted by atomic mass is 10.0. The molecule has 0 amide bonds. The van der Waals surface area contributed by atoms with Gasteiger partial charge in [0.05, 0.1) is 6.42 Å². The van der Waals surface area contributed by atoms with E-state index in [9.17, 15) is 0 Å². The first-order valence-corrected chi connectivity index (χ1v) is 8.72. The Hall–Kier alpha value is -2.22. The van der Waals surface area contributed by atoms with E-state index in [0.29, 0.717) is 0 Å². The van der Waals surface area contributed by atoms with Crippen LogP contribution in [0.2, 0.25) is 0 Å². The molecule has 0 aliphatic carbocycles. The fourth-order valence-corrected chi connectivity index (χ4v) is 3.66. The van der Waals surface area contributed by atoms with E-state index in [1.807, 2.05) is 0 Å². The van der Waals surface area contributed by atoms with Crippen molar-refractivity contribution in [3.8, 4) is 0 Å². The second kappa shape index (κ2) is 6.49. The molecule has 0 aromatic heterocycles. The zero-order valence-corrected chi connectivity index (χ0v) is 13.6. The molecule has 2 aromatic rings. The molecule has 23 heavy (non-hydrogen) atoms. The number of fused-ring (bicyclic) bond motifs is 2. The van der Waals surface area contributed by atoms with Gasteiger partial charge < -0.3 is 0 Å². The smallest absolute Gasteiger partial charge is 0.170 e. The molecule has 0 bridgehead atoms. The largest absolute Gasteiger partial charge is 0.235 e. The van der Waals surface area contributed by atoms with Gasteiger partial charge in [-0.1, -0.05) is 36.4 Å². The van der Waals surface area contributed by atoms with Gasteiger partial charge in [0, 0.05) is 24.0 Å². The zero-order valence-electron chi connectivity index (χ0n) is 13.6. The normalized spacial score (nSPS) is 16.2. The van der Waals surface area contributed by atoms with Crippen molar-refractivity contribution in [2.75, 3.05) is 26.2 Å². The van der Waals surface area contributed by atoms with Crippen LogP contribution < -0.4 is 0 Å². The van der Waals surface area contributed by atoms with Crippen LogP contribution in [0.4, 0.5) is 0 Å². The quantitative estimate of drug-likeness (QED) is 0.766. The van der Waals surface area contributed by atoms with Gasteiger partial charge in [-0.2, -0.15) is 0 Å². The fourth-order valence-electron chi connectivity index (χ4n) is 3.66. The summed E-state index contributed by atoms with van der Waals surface area (Å²) < 4.78 is 4.97. The summed E-state index contributed by atoms with van der Waals surface area (Å²) in [7, 11) is 0. The van der Waals surface area contributed by atoms with Crippen molar-refractivity contribution < 1.29 is 9.15 Å². The van der Waals surface area contributed by atoms with E-state index in [4.69, 9.17) is 0 Å². The van der Waals surface area contributed by atoms with E-state index in [1.165, 1.54) is 41.5 Å². The van der Waals surface area contributed by atoms with Gasteiger partial charge in [-0.3, -0.25) is 0 Å². The number of benzene rings is 2. The molecule has 2 aliphatic heterocycles. The summed E-state index contributed by atoms with van der Waals surface area (Å²) in [4.78, 5) is 0. The predicted molar refractivity (Wildman–Crippen MR) is 95.2 cm³/mol. The van der Waals surface area contributed by atoms with Gasteiger partial charge in [0.1, 0.15) is 26.2 Å². The Morgan fingerprint density at radius 2 is 1.13 bits per heavy atom. The van der Waals surface area contributed by atoms with E-state index in [0.717, 1.165) is 26.2 Å². The molecule has 4 rings (SSSR count). The maximum absolute atomic E-state index is 2.49. The van der Waals surface area contributed by atoms with Crippen LogP contribution in [-0.2, 0) is 12.8 Å². The Bertz CT molecular complexity index is 705. The van der Waals surface area contributed by atoms with Crippen LogP contribution in [-0.4, -0.2) is 47.8 Å². The van der Waals surface area contributed by atoms with Crippen LogP contribution in [0.1, 0.15) is 28.7 Å². The van der Waals surface area contributed by atoms with Crippen molar-refractivity contribution >= 4 is 12.4 Å². The van der Waals surface area contributed by atoms with Crippen molar-refractivity contribution in [2.24, 2.45) is 0 Å². The first-order valence-electron chi connectivity index (χ1n) is 8.72. The van der Waals surface area contributed by atoms with Crippen LogP contribution >= 0.6 is 0 Å². The molecule has 0 saturated carbocycles. The first-order chi connectivity index (χ1) is 11.4. The minimum atomic E-state index is 1.15. The highest BCUT2D eigenvalue weighted by Crippen LogP contribution is 2.12. The summed E-state index contributed by atoms with van der Waals surface area (Å²) >= 11 is 0. The molecular formula is C21H24N2+2. The Kier molecular flexibility index (Phi) is 4.06. The highest BCUT2D eigenvalue weighted by Gasteiger charge is 2.18. The SMILES string of the molecule is C1=[N+](CCC[N+]2=Cc3ccccc3CC2)CCc2ccccc21. The highest BCUT2D eigenvalue weighted by atomic mass is 15.0. The zero-order chi connectivity index (χ0) is 15.5. The molecule has 2 heterocycles. The van der Waals surface area contributed by atoms with E-state index in [2.05, 4.69) is 70.1 Å². The van der Waals surface area contributed by atoms with Crippen LogP contribution in [0, 0.1) is 0 Å². The van der Waals surface area contributed by atoms with Crippen LogP contribution in [0.25, 0.3) is 0 Å². The molecule has 2 heteroatoms. The fraction of sp³-hybridized carbons (Fsp3) is 0.333. The molecule has 0 unspecified atom stereocenters. The molecule has 0 fully saturated rings. The Morgan fingerprint density at radius 1 is 0.652 bits per heavy atom. The van der Waals surface area contributed by atoms with E-state index < -0.39 is 0 Å². The maximum Gasteiger partial charge on any atom is 0.170 e. The van der Waals surface area contributed by atoms with Crippen LogP contribution in [0.15, 0.2) is 48.5 Å². The number of nitrogens with zero attached hydrogens (tertiary/aromatic N) is 2. The van der Waals surface area contributed by atoms with Crippen molar-refractivity contribution in [3.05, 3.63) is 70.8 Å². The van der Waals surface area contributed by atoms with Gasteiger partial charge in [-0.25, -0.2) is 9.15 Å². The molecule has 0 radical (unpaired) electrons. The summed E-state index contributed by atoms with van der Waals surface area (Å²) in [5.41, 5.74) is 5.78. The standard InChI is InChI=1S/C21H24N2/c1-3-8-20-16-22(14-10-18(20)6-1)12-5-13-23-15-11-19-7-2-4-9-21(19)17-23/h1-4,6-9,16-17H,5,10-15H2/q+2. The second-order valence-electron chi connectivity index (χ2n) is 6.58. The molecule has 2 nitrogen and oxygen atoms in total. The Morgan fingerprint density at radius 3 is 1.65 bits per heavy atom. The minimum absolute atomic E-state index is 1.15. The highest BCUT2D eigenvalue weighted by molar-refractivity contribution is 5.79. The third-order valence-electron chi connectivity index (χ3n) is 4.98. The summed E-state index contributed by atoms with van der Waals surface area (Å²) in [6.45, 7) is 4.62. The lowest BCUT2D eigenvalue weighted by Crippen LogP contribution is -2.28.